The standard InChI is InChI=1S/C18H14ClNO2S2/c1-22-17(21)14-4-2-12(3-5-14)10-23-18-20-16(11-24-18)13-6-8-15(19)9-7-13/h2-9,11H,10H2,1H3. The first-order valence-corrected chi connectivity index (χ1v) is 9.41. The molecule has 0 bridgehead atoms. The van der Waals surface area contributed by atoms with Crippen LogP contribution in [0.5, 0.6) is 0 Å². The van der Waals surface area contributed by atoms with Crippen molar-refractivity contribution < 1.29 is 9.53 Å². The molecule has 0 aliphatic carbocycles. The van der Waals surface area contributed by atoms with E-state index in [4.69, 9.17) is 16.3 Å². The molecule has 0 aliphatic rings. The Morgan fingerprint density at radius 2 is 1.88 bits per heavy atom. The molecular weight excluding hydrogens is 362 g/mol. The average molecular weight is 376 g/mol. The fraction of sp³-hybridized carbons (Fsp3) is 0.111. The highest BCUT2D eigenvalue weighted by Crippen LogP contribution is 2.30. The van der Waals surface area contributed by atoms with Crippen LogP contribution >= 0.6 is 34.7 Å². The average Bonchev–Trinajstić information content (AvgIpc) is 3.09. The number of hydrogen-bond donors (Lipinski definition) is 0. The molecule has 3 aromatic rings. The maximum atomic E-state index is 11.4. The van der Waals surface area contributed by atoms with Crippen molar-refractivity contribution in [2.24, 2.45) is 0 Å². The molecule has 122 valence electrons. The molecular formula is C18H14ClNO2S2. The SMILES string of the molecule is COC(=O)c1ccc(CSc2nc(-c3ccc(Cl)cc3)cs2)cc1. The molecule has 0 atom stereocenters. The minimum absolute atomic E-state index is 0.318. The Balaban J connectivity index is 1.63. The van der Waals surface area contributed by atoms with E-state index in [1.807, 2.05) is 41.8 Å². The van der Waals surface area contributed by atoms with Gasteiger partial charge in [-0.2, -0.15) is 0 Å². The van der Waals surface area contributed by atoms with Gasteiger partial charge in [-0.3, -0.25) is 0 Å². The Morgan fingerprint density at radius 1 is 1.17 bits per heavy atom. The molecule has 0 radical (unpaired) electrons. The predicted molar refractivity (Wildman–Crippen MR) is 99.9 cm³/mol. The van der Waals surface area contributed by atoms with Gasteiger partial charge in [0.1, 0.15) is 0 Å². The van der Waals surface area contributed by atoms with Gasteiger partial charge >= 0.3 is 5.97 Å². The van der Waals surface area contributed by atoms with Crippen LogP contribution in [0.15, 0.2) is 58.3 Å². The van der Waals surface area contributed by atoms with Crippen molar-refractivity contribution >= 4 is 40.7 Å². The highest BCUT2D eigenvalue weighted by atomic mass is 35.5. The summed E-state index contributed by atoms with van der Waals surface area (Å²) in [7, 11) is 1.38. The molecule has 1 aromatic heterocycles. The van der Waals surface area contributed by atoms with Crippen LogP contribution < -0.4 is 0 Å². The zero-order valence-corrected chi connectivity index (χ0v) is 15.3. The van der Waals surface area contributed by atoms with Crippen LogP contribution in [0.4, 0.5) is 0 Å². The Labute approximate surface area is 153 Å². The van der Waals surface area contributed by atoms with E-state index in [0.29, 0.717) is 5.56 Å². The monoisotopic (exact) mass is 375 g/mol. The molecule has 0 saturated carbocycles. The van der Waals surface area contributed by atoms with E-state index < -0.39 is 0 Å². The molecule has 0 unspecified atom stereocenters. The quantitative estimate of drug-likeness (QED) is 0.433. The minimum Gasteiger partial charge on any atom is -0.465 e. The first-order chi connectivity index (χ1) is 11.7. The van der Waals surface area contributed by atoms with Crippen LogP contribution in [0.3, 0.4) is 0 Å². The molecule has 3 rings (SSSR count). The summed E-state index contributed by atoms with van der Waals surface area (Å²) in [5.74, 6) is 0.483. The van der Waals surface area contributed by atoms with Gasteiger partial charge in [0.2, 0.25) is 0 Å². The van der Waals surface area contributed by atoms with Gasteiger partial charge in [0.05, 0.1) is 18.4 Å². The Morgan fingerprint density at radius 3 is 2.54 bits per heavy atom. The van der Waals surface area contributed by atoms with Crippen molar-refractivity contribution in [3.8, 4) is 11.3 Å². The van der Waals surface area contributed by atoms with Crippen LogP contribution in [0.2, 0.25) is 5.02 Å². The van der Waals surface area contributed by atoms with Crippen molar-refractivity contribution in [2.45, 2.75) is 10.1 Å². The number of rotatable bonds is 5. The zero-order chi connectivity index (χ0) is 16.9. The second-order valence-corrected chi connectivity index (χ2v) is 7.50. The molecule has 0 spiro atoms. The van der Waals surface area contributed by atoms with Crippen LogP contribution in [0.1, 0.15) is 15.9 Å². The van der Waals surface area contributed by atoms with E-state index in [-0.39, 0.29) is 5.97 Å². The number of carbonyl (C=O) groups excluding carboxylic acids is 1. The van der Waals surface area contributed by atoms with Gasteiger partial charge in [0, 0.05) is 21.7 Å². The number of benzene rings is 2. The second-order valence-electron chi connectivity index (χ2n) is 4.98. The normalized spacial score (nSPS) is 10.6. The molecule has 1 heterocycles. The molecule has 24 heavy (non-hydrogen) atoms. The topological polar surface area (TPSA) is 39.2 Å². The van der Waals surface area contributed by atoms with E-state index >= 15 is 0 Å². The van der Waals surface area contributed by atoms with Gasteiger partial charge in [-0.25, -0.2) is 9.78 Å². The Hall–Kier alpha value is -1.82. The zero-order valence-electron chi connectivity index (χ0n) is 12.9. The van der Waals surface area contributed by atoms with Crippen molar-refractivity contribution in [3.05, 3.63) is 70.1 Å². The smallest absolute Gasteiger partial charge is 0.337 e. The van der Waals surface area contributed by atoms with E-state index in [1.165, 1.54) is 7.11 Å². The summed E-state index contributed by atoms with van der Waals surface area (Å²) in [4.78, 5) is 16.1. The van der Waals surface area contributed by atoms with Gasteiger partial charge in [0.25, 0.3) is 0 Å². The highest BCUT2D eigenvalue weighted by molar-refractivity contribution is 8.00. The van der Waals surface area contributed by atoms with Gasteiger partial charge in [-0.05, 0) is 29.8 Å². The lowest BCUT2D eigenvalue weighted by molar-refractivity contribution is 0.0600. The third-order valence-corrected chi connectivity index (χ3v) is 5.70. The molecule has 0 amide bonds. The fourth-order valence-electron chi connectivity index (χ4n) is 2.08. The van der Waals surface area contributed by atoms with Crippen molar-refractivity contribution in [3.63, 3.8) is 0 Å². The first kappa shape index (κ1) is 17.0. The maximum Gasteiger partial charge on any atom is 0.337 e. The number of thiazole rings is 1. The van der Waals surface area contributed by atoms with E-state index in [9.17, 15) is 4.79 Å². The Kier molecular flexibility index (Phi) is 5.56. The lowest BCUT2D eigenvalue weighted by Crippen LogP contribution is -2.00. The third kappa shape index (κ3) is 4.17. The molecule has 0 fully saturated rings. The number of aromatic nitrogens is 1. The van der Waals surface area contributed by atoms with E-state index in [0.717, 1.165) is 31.9 Å². The van der Waals surface area contributed by atoms with Crippen LogP contribution in [0, 0.1) is 0 Å². The van der Waals surface area contributed by atoms with Crippen molar-refractivity contribution in [1.82, 2.24) is 4.98 Å². The summed E-state index contributed by atoms with van der Waals surface area (Å²) in [5.41, 5.74) is 3.71. The first-order valence-electron chi connectivity index (χ1n) is 7.17. The second kappa shape index (κ2) is 7.83. The predicted octanol–water partition coefficient (Wildman–Crippen LogP) is 5.54. The van der Waals surface area contributed by atoms with Crippen LogP contribution in [-0.2, 0) is 10.5 Å². The summed E-state index contributed by atoms with van der Waals surface area (Å²) < 4.78 is 5.71. The molecule has 2 aromatic carbocycles. The summed E-state index contributed by atoms with van der Waals surface area (Å²) >= 11 is 9.21. The Bertz CT molecular complexity index is 829. The van der Waals surface area contributed by atoms with Crippen LogP contribution in [0.25, 0.3) is 11.3 Å². The number of carbonyl (C=O) groups is 1. The molecule has 6 heteroatoms. The van der Waals surface area contributed by atoms with Gasteiger partial charge in [0.15, 0.2) is 4.34 Å². The summed E-state index contributed by atoms with van der Waals surface area (Å²) in [5, 5.41) is 2.77. The summed E-state index contributed by atoms with van der Waals surface area (Å²) in [6.45, 7) is 0. The lowest BCUT2D eigenvalue weighted by Gasteiger charge is -2.02. The number of ether oxygens (including phenoxy) is 1. The number of esters is 1. The van der Waals surface area contributed by atoms with Crippen molar-refractivity contribution in [2.75, 3.05) is 7.11 Å². The number of halogens is 1. The van der Waals surface area contributed by atoms with Crippen molar-refractivity contribution in [1.29, 1.82) is 0 Å². The number of methoxy groups -OCH3 is 1. The molecule has 0 saturated heterocycles. The summed E-state index contributed by atoms with van der Waals surface area (Å²) in [6.07, 6.45) is 0. The minimum atomic E-state index is -0.318. The van der Waals surface area contributed by atoms with Gasteiger partial charge < -0.3 is 4.74 Å². The van der Waals surface area contributed by atoms with E-state index in [1.54, 1.807) is 35.2 Å². The highest BCUT2D eigenvalue weighted by Gasteiger charge is 2.07. The molecule has 3 nitrogen and oxygen atoms in total. The van der Waals surface area contributed by atoms with Gasteiger partial charge in [-0.1, -0.05) is 47.6 Å². The lowest BCUT2D eigenvalue weighted by atomic mass is 10.1. The largest absolute Gasteiger partial charge is 0.465 e. The fourth-order valence-corrected chi connectivity index (χ4v) is 3.99. The van der Waals surface area contributed by atoms with Crippen LogP contribution in [-0.4, -0.2) is 18.1 Å². The number of thioether (sulfide) groups is 1. The van der Waals surface area contributed by atoms with Gasteiger partial charge in [-0.15, -0.1) is 11.3 Å². The molecule has 0 N–H and O–H groups in total. The number of nitrogens with zero attached hydrogens (tertiary/aromatic N) is 1. The maximum absolute atomic E-state index is 11.4. The summed E-state index contributed by atoms with van der Waals surface area (Å²) in [6, 6.07) is 15.1. The van der Waals surface area contributed by atoms with E-state index in [2.05, 4.69) is 4.98 Å². The third-order valence-electron chi connectivity index (χ3n) is 3.36. The number of hydrogen-bond acceptors (Lipinski definition) is 5. The molecule has 0 aliphatic heterocycles.